The molecule has 2 rings (SSSR count). The minimum absolute atomic E-state index is 0.116. The summed E-state index contributed by atoms with van der Waals surface area (Å²) in [6, 6.07) is 5.29. The number of aryl methyl sites for hydroxylation is 1. The number of ketones is 1. The maximum Gasteiger partial charge on any atom is 0.222 e. The lowest BCUT2D eigenvalue weighted by Gasteiger charge is -1.98. The van der Waals surface area contributed by atoms with Crippen molar-refractivity contribution in [1.82, 2.24) is 4.98 Å². The summed E-state index contributed by atoms with van der Waals surface area (Å²) in [5.74, 6) is -0.116. The van der Waals surface area contributed by atoms with Crippen LogP contribution in [0, 0.1) is 6.92 Å². The van der Waals surface area contributed by atoms with Gasteiger partial charge in [-0.1, -0.05) is 17.7 Å². The minimum atomic E-state index is -0.116. The van der Waals surface area contributed by atoms with Gasteiger partial charge in [-0.3, -0.25) is 9.78 Å². The Hall–Kier alpha value is -1.19. The molecule has 0 aliphatic carbocycles. The molecular formula is C11H8ClNOS. The van der Waals surface area contributed by atoms with Crippen LogP contribution in [-0.2, 0) is 0 Å². The smallest absolute Gasteiger partial charge is 0.222 e. The SMILES string of the molecule is Cc1ccc(C(=O)c2sccc2Cl)nc1. The number of halogens is 1. The number of hydrogen-bond donors (Lipinski definition) is 0. The molecule has 0 saturated heterocycles. The van der Waals surface area contributed by atoms with E-state index in [1.165, 1.54) is 11.3 Å². The molecule has 2 aromatic heterocycles. The van der Waals surface area contributed by atoms with E-state index in [0.29, 0.717) is 15.6 Å². The number of carbonyl (C=O) groups is 1. The molecule has 4 heteroatoms. The van der Waals surface area contributed by atoms with E-state index in [0.717, 1.165) is 5.56 Å². The van der Waals surface area contributed by atoms with Crippen LogP contribution < -0.4 is 0 Å². The maximum atomic E-state index is 11.9. The van der Waals surface area contributed by atoms with Gasteiger partial charge >= 0.3 is 0 Å². The van der Waals surface area contributed by atoms with Crippen LogP contribution in [-0.4, -0.2) is 10.8 Å². The van der Waals surface area contributed by atoms with Crippen LogP contribution >= 0.6 is 22.9 Å². The van der Waals surface area contributed by atoms with Gasteiger partial charge in [-0.2, -0.15) is 0 Å². The van der Waals surface area contributed by atoms with Crippen molar-refractivity contribution in [2.75, 3.05) is 0 Å². The summed E-state index contributed by atoms with van der Waals surface area (Å²) < 4.78 is 0. The summed E-state index contributed by atoms with van der Waals surface area (Å²) in [5, 5.41) is 2.29. The largest absolute Gasteiger partial charge is 0.286 e. The van der Waals surface area contributed by atoms with Crippen molar-refractivity contribution in [3.05, 3.63) is 50.9 Å². The van der Waals surface area contributed by atoms with Crippen LogP contribution in [0.5, 0.6) is 0 Å². The number of hydrogen-bond acceptors (Lipinski definition) is 3. The van der Waals surface area contributed by atoms with Crippen molar-refractivity contribution in [2.45, 2.75) is 6.92 Å². The Morgan fingerprint density at radius 3 is 2.73 bits per heavy atom. The van der Waals surface area contributed by atoms with Gasteiger partial charge in [-0.05, 0) is 30.0 Å². The highest BCUT2D eigenvalue weighted by molar-refractivity contribution is 7.13. The average Bonchev–Trinajstić information content (AvgIpc) is 2.65. The molecule has 2 aromatic rings. The lowest BCUT2D eigenvalue weighted by molar-refractivity contribution is 0.103. The second kappa shape index (κ2) is 4.13. The second-order valence-corrected chi connectivity index (χ2v) is 4.47. The first-order valence-corrected chi connectivity index (χ1v) is 5.64. The summed E-state index contributed by atoms with van der Waals surface area (Å²) in [6.07, 6.45) is 1.68. The fourth-order valence-corrected chi connectivity index (χ4v) is 2.26. The van der Waals surface area contributed by atoms with Gasteiger partial charge in [-0.25, -0.2) is 0 Å². The molecule has 15 heavy (non-hydrogen) atoms. The van der Waals surface area contributed by atoms with Crippen molar-refractivity contribution in [3.8, 4) is 0 Å². The summed E-state index contributed by atoms with van der Waals surface area (Å²) in [5.41, 5.74) is 1.47. The number of carbonyl (C=O) groups excluding carboxylic acids is 1. The Kier molecular flexibility index (Phi) is 2.84. The van der Waals surface area contributed by atoms with Crippen LogP contribution in [0.3, 0.4) is 0 Å². The van der Waals surface area contributed by atoms with Crippen LogP contribution in [0.25, 0.3) is 0 Å². The third-order valence-corrected chi connectivity index (χ3v) is 3.31. The Balaban J connectivity index is 2.37. The number of pyridine rings is 1. The molecule has 0 amide bonds. The zero-order chi connectivity index (χ0) is 10.8. The molecule has 0 saturated carbocycles. The van der Waals surface area contributed by atoms with Gasteiger partial charge < -0.3 is 0 Å². The molecule has 0 unspecified atom stereocenters. The van der Waals surface area contributed by atoms with Crippen molar-refractivity contribution in [1.29, 1.82) is 0 Å². The highest BCUT2D eigenvalue weighted by Crippen LogP contribution is 2.24. The average molecular weight is 238 g/mol. The molecule has 0 radical (unpaired) electrons. The van der Waals surface area contributed by atoms with Gasteiger partial charge in [-0.15, -0.1) is 11.3 Å². The molecule has 0 atom stereocenters. The predicted octanol–water partition coefficient (Wildman–Crippen LogP) is 3.34. The molecule has 2 heterocycles. The normalized spacial score (nSPS) is 10.3. The molecule has 0 aliphatic heterocycles. The summed E-state index contributed by atoms with van der Waals surface area (Å²) >= 11 is 7.21. The van der Waals surface area contributed by atoms with E-state index in [9.17, 15) is 4.79 Å². The zero-order valence-corrected chi connectivity index (χ0v) is 9.60. The summed E-state index contributed by atoms with van der Waals surface area (Å²) in [4.78, 5) is 16.5. The third kappa shape index (κ3) is 2.08. The first-order chi connectivity index (χ1) is 7.18. The quantitative estimate of drug-likeness (QED) is 0.750. The van der Waals surface area contributed by atoms with Gasteiger partial charge in [0.25, 0.3) is 0 Å². The van der Waals surface area contributed by atoms with E-state index < -0.39 is 0 Å². The Morgan fingerprint density at radius 2 is 2.20 bits per heavy atom. The number of aromatic nitrogens is 1. The van der Waals surface area contributed by atoms with Crippen molar-refractivity contribution in [3.63, 3.8) is 0 Å². The summed E-state index contributed by atoms with van der Waals surface area (Å²) in [6.45, 7) is 1.93. The first-order valence-electron chi connectivity index (χ1n) is 4.39. The molecule has 0 aromatic carbocycles. The molecule has 0 bridgehead atoms. The van der Waals surface area contributed by atoms with E-state index in [-0.39, 0.29) is 5.78 Å². The fourth-order valence-electron chi connectivity index (χ4n) is 1.17. The lowest BCUT2D eigenvalue weighted by atomic mass is 10.2. The lowest BCUT2D eigenvalue weighted by Crippen LogP contribution is -2.02. The third-order valence-electron chi connectivity index (χ3n) is 1.97. The first kappa shape index (κ1) is 10.3. The molecule has 76 valence electrons. The number of nitrogens with zero attached hydrogens (tertiary/aromatic N) is 1. The highest BCUT2D eigenvalue weighted by Gasteiger charge is 2.14. The van der Waals surface area contributed by atoms with Crippen LogP contribution in [0.2, 0.25) is 5.02 Å². The van der Waals surface area contributed by atoms with Gasteiger partial charge in [0, 0.05) is 6.20 Å². The van der Waals surface area contributed by atoms with E-state index in [4.69, 9.17) is 11.6 Å². The van der Waals surface area contributed by atoms with Crippen LogP contribution in [0.15, 0.2) is 29.8 Å². The van der Waals surface area contributed by atoms with Crippen LogP contribution in [0.4, 0.5) is 0 Å². The van der Waals surface area contributed by atoms with Crippen molar-refractivity contribution < 1.29 is 4.79 Å². The predicted molar refractivity (Wildman–Crippen MR) is 61.7 cm³/mol. The standard InChI is InChI=1S/C11H8ClNOS/c1-7-2-3-9(13-6-7)10(14)11-8(12)4-5-15-11/h2-6H,1H3. The van der Waals surface area contributed by atoms with E-state index in [2.05, 4.69) is 4.98 Å². The van der Waals surface area contributed by atoms with Crippen molar-refractivity contribution in [2.24, 2.45) is 0 Å². The molecule has 2 nitrogen and oxygen atoms in total. The van der Waals surface area contributed by atoms with Gasteiger partial charge in [0.2, 0.25) is 5.78 Å². The Morgan fingerprint density at radius 1 is 1.40 bits per heavy atom. The number of rotatable bonds is 2. The minimum Gasteiger partial charge on any atom is -0.286 e. The van der Waals surface area contributed by atoms with Gasteiger partial charge in [0.05, 0.1) is 9.90 Å². The van der Waals surface area contributed by atoms with E-state index in [1.54, 1.807) is 23.7 Å². The van der Waals surface area contributed by atoms with E-state index in [1.807, 2.05) is 13.0 Å². The van der Waals surface area contributed by atoms with E-state index >= 15 is 0 Å². The highest BCUT2D eigenvalue weighted by atomic mass is 35.5. The van der Waals surface area contributed by atoms with Crippen LogP contribution in [0.1, 0.15) is 20.9 Å². The molecule has 0 aliphatic rings. The molecular weight excluding hydrogens is 230 g/mol. The topological polar surface area (TPSA) is 30.0 Å². The molecule has 0 fully saturated rings. The fraction of sp³-hybridized carbons (Fsp3) is 0.0909. The zero-order valence-electron chi connectivity index (χ0n) is 8.03. The molecule has 0 spiro atoms. The Bertz CT molecular complexity index is 490. The summed E-state index contributed by atoms with van der Waals surface area (Å²) in [7, 11) is 0. The monoisotopic (exact) mass is 237 g/mol. The Labute approximate surface area is 96.5 Å². The van der Waals surface area contributed by atoms with Gasteiger partial charge in [0.1, 0.15) is 5.69 Å². The van der Waals surface area contributed by atoms with Crippen molar-refractivity contribution >= 4 is 28.7 Å². The molecule has 0 N–H and O–H groups in total. The second-order valence-electron chi connectivity index (χ2n) is 3.15. The maximum absolute atomic E-state index is 11.9. The number of thiophene rings is 1. The van der Waals surface area contributed by atoms with Gasteiger partial charge in [0.15, 0.2) is 0 Å².